The summed E-state index contributed by atoms with van der Waals surface area (Å²) in [5, 5.41) is 0. The molecule has 3 heteroatoms. The summed E-state index contributed by atoms with van der Waals surface area (Å²) in [5.41, 5.74) is 0. The van der Waals surface area contributed by atoms with E-state index in [1.807, 2.05) is 0 Å². The predicted octanol–water partition coefficient (Wildman–Crippen LogP) is 2.58. The van der Waals surface area contributed by atoms with Crippen molar-refractivity contribution in [3.05, 3.63) is 0 Å². The molecule has 1 aliphatic heterocycles. The van der Waals surface area contributed by atoms with Crippen LogP contribution in [-0.4, -0.2) is 24.5 Å². The Balaban J connectivity index is 0. The van der Waals surface area contributed by atoms with Crippen molar-refractivity contribution in [3.63, 3.8) is 0 Å². The van der Waals surface area contributed by atoms with E-state index in [-0.39, 0.29) is 24.8 Å². The summed E-state index contributed by atoms with van der Waals surface area (Å²) in [6, 6.07) is 0.821. The van der Waals surface area contributed by atoms with Gasteiger partial charge in [-0.2, -0.15) is 0 Å². The van der Waals surface area contributed by atoms with Crippen LogP contribution in [0.2, 0.25) is 0 Å². The molecular weight excluding hydrogens is 181 g/mol. The Kier molecular flexibility index (Phi) is 7.81. The minimum Gasteiger partial charge on any atom is -0.303 e. The SMILES string of the molecule is C[C@H]1CC[C@@H](C)N(C)C1.Cl.Cl. The standard InChI is InChI=1S/C8H17N.2ClH/c1-7-4-5-8(2)9(3)6-7;;/h7-8H,4-6H2,1-3H3;2*1H/t7-,8+;;/m0../s1. The number of likely N-dealkylation sites (tertiary alicyclic amines) is 1. The molecule has 0 N–H and O–H groups in total. The molecule has 0 saturated carbocycles. The maximum absolute atomic E-state index is 2.45. The molecule has 0 aromatic rings. The minimum atomic E-state index is 0. The fourth-order valence-corrected chi connectivity index (χ4v) is 1.51. The summed E-state index contributed by atoms with van der Waals surface area (Å²) < 4.78 is 0. The number of halogens is 2. The molecule has 1 nitrogen and oxygen atoms in total. The Morgan fingerprint density at radius 2 is 1.64 bits per heavy atom. The van der Waals surface area contributed by atoms with Gasteiger partial charge in [0.2, 0.25) is 0 Å². The Morgan fingerprint density at radius 3 is 2.00 bits per heavy atom. The molecular formula is C8H19Cl2N. The molecule has 0 amide bonds. The van der Waals surface area contributed by atoms with E-state index in [0.29, 0.717) is 0 Å². The Morgan fingerprint density at radius 1 is 1.09 bits per heavy atom. The smallest absolute Gasteiger partial charge is 0.00641 e. The maximum atomic E-state index is 2.45. The Bertz CT molecular complexity index is 98.1. The third kappa shape index (κ3) is 4.19. The van der Waals surface area contributed by atoms with Crippen LogP contribution in [0.4, 0.5) is 0 Å². The zero-order valence-electron chi connectivity index (χ0n) is 7.54. The second-order valence-corrected chi connectivity index (χ2v) is 3.47. The monoisotopic (exact) mass is 199 g/mol. The number of hydrogen-bond donors (Lipinski definition) is 0. The van der Waals surface area contributed by atoms with E-state index in [0.717, 1.165) is 12.0 Å². The lowest BCUT2D eigenvalue weighted by Crippen LogP contribution is -2.37. The summed E-state index contributed by atoms with van der Waals surface area (Å²) in [6.45, 7) is 5.94. The summed E-state index contributed by atoms with van der Waals surface area (Å²) in [6.07, 6.45) is 2.81. The zero-order valence-corrected chi connectivity index (χ0v) is 9.17. The van der Waals surface area contributed by atoms with E-state index in [4.69, 9.17) is 0 Å². The molecule has 0 radical (unpaired) electrons. The lowest BCUT2D eigenvalue weighted by atomic mass is 9.96. The highest BCUT2D eigenvalue weighted by molar-refractivity contribution is 5.85. The van der Waals surface area contributed by atoms with Crippen LogP contribution in [0.3, 0.4) is 0 Å². The van der Waals surface area contributed by atoms with E-state index in [9.17, 15) is 0 Å². The molecule has 70 valence electrons. The van der Waals surface area contributed by atoms with Crippen molar-refractivity contribution >= 4 is 24.8 Å². The molecule has 2 atom stereocenters. The first-order valence-corrected chi connectivity index (χ1v) is 3.90. The summed E-state index contributed by atoms with van der Waals surface area (Å²) in [5.74, 6) is 0.922. The van der Waals surface area contributed by atoms with Gasteiger partial charge >= 0.3 is 0 Å². The lowest BCUT2D eigenvalue weighted by molar-refractivity contribution is 0.158. The van der Waals surface area contributed by atoms with Crippen LogP contribution in [-0.2, 0) is 0 Å². The van der Waals surface area contributed by atoms with E-state index >= 15 is 0 Å². The zero-order chi connectivity index (χ0) is 6.85. The van der Waals surface area contributed by atoms with E-state index in [2.05, 4.69) is 25.8 Å². The van der Waals surface area contributed by atoms with Crippen molar-refractivity contribution in [2.75, 3.05) is 13.6 Å². The van der Waals surface area contributed by atoms with Crippen LogP contribution in [0.1, 0.15) is 26.7 Å². The second kappa shape index (κ2) is 6.10. The summed E-state index contributed by atoms with van der Waals surface area (Å²) >= 11 is 0. The first-order valence-electron chi connectivity index (χ1n) is 3.90. The average molecular weight is 200 g/mol. The van der Waals surface area contributed by atoms with Crippen LogP contribution in [0.25, 0.3) is 0 Å². The maximum Gasteiger partial charge on any atom is 0.00641 e. The van der Waals surface area contributed by atoms with E-state index < -0.39 is 0 Å². The molecule has 0 aromatic carbocycles. The minimum absolute atomic E-state index is 0. The number of piperidine rings is 1. The Labute approximate surface area is 82.4 Å². The molecule has 1 saturated heterocycles. The van der Waals surface area contributed by atoms with Gasteiger partial charge in [-0.15, -0.1) is 24.8 Å². The molecule has 0 unspecified atom stereocenters. The van der Waals surface area contributed by atoms with Gasteiger partial charge in [-0.25, -0.2) is 0 Å². The molecule has 1 fully saturated rings. The summed E-state index contributed by atoms with van der Waals surface area (Å²) in [7, 11) is 2.22. The quantitative estimate of drug-likeness (QED) is 0.580. The molecule has 1 aliphatic rings. The first kappa shape index (κ1) is 14.1. The average Bonchev–Trinajstić information content (AvgIpc) is 1.80. The topological polar surface area (TPSA) is 3.24 Å². The Hall–Kier alpha value is 0.540. The third-order valence-corrected chi connectivity index (χ3v) is 2.43. The van der Waals surface area contributed by atoms with Crippen LogP contribution >= 0.6 is 24.8 Å². The van der Waals surface area contributed by atoms with Crippen molar-refractivity contribution in [2.24, 2.45) is 5.92 Å². The van der Waals surface area contributed by atoms with Gasteiger partial charge in [0.15, 0.2) is 0 Å². The third-order valence-electron chi connectivity index (χ3n) is 2.43. The van der Waals surface area contributed by atoms with Crippen LogP contribution in [0.15, 0.2) is 0 Å². The van der Waals surface area contributed by atoms with Crippen molar-refractivity contribution in [1.29, 1.82) is 0 Å². The molecule has 0 aliphatic carbocycles. The molecule has 1 rings (SSSR count). The van der Waals surface area contributed by atoms with Gasteiger partial charge in [0.1, 0.15) is 0 Å². The van der Waals surface area contributed by atoms with Gasteiger partial charge < -0.3 is 4.90 Å². The fraction of sp³-hybridized carbons (Fsp3) is 1.00. The van der Waals surface area contributed by atoms with Gasteiger partial charge in [0, 0.05) is 12.6 Å². The largest absolute Gasteiger partial charge is 0.303 e. The summed E-state index contributed by atoms with van der Waals surface area (Å²) in [4.78, 5) is 2.45. The highest BCUT2D eigenvalue weighted by Gasteiger charge is 2.18. The van der Waals surface area contributed by atoms with Gasteiger partial charge in [-0.3, -0.25) is 0 Å². The van der Waals surface area contributed by atoms with Crippen LogP contribution < -0.4 is 0 Å². The molecule has 1 heterocycles. The second-order valence-electron chi connectivity index (χ2n) is 3.47. The van der Waals surface area contributed by atoms with Gasteiger partial charge in [-0.05, 0) is 32.7 Å². The number of hydrogen-bond acceptors (Lipinski definition) is 1. The van der Waals surface area contributed by atoms with Gasteiger partial charge in [0.25, 0.3) is 0 Å². The first-order chi connectivity index (χ1) is 4.20. The van der Waals surface area contributed by atoms with Gasteiger partial charge in [-0.1, -0.05) is 6.92 Å². The molecule has 11 heavy (non-hydrogen) atoms. The van der Waals surface area contributed by atoms with Crippen molar-refractivity contribution < 1.29 is 0 Å². The lowest BCUT2D eigenvalue weighted by Gasteiger charge is -2.33. The van der Waals surface area contributed by atoms with Crippen molar-refractivity contribution in [3.8, 4) is 0 Å². The van der Waals surface area contributed by atoms with Crippen LogP contribution in [0.5, 0.6) is 0 Å². The number of nitrogens with zero attached hydrogens (tertiary/aromatic N) is 1. The number of rotatable bonds is 0. The van der Waals surface area contributed by atoms with Crippen molar-refractivity contribution in [1.82, 2.24) is 4.90 Å². The van der Waals surface area contributed by atoms with Crippen LogP contribution in [0, 0.1) is 5.92 Å². The molecule has 0 aromatic heterocycles. The van der Waals surface area contributed by atoms with Crippen molar-refractivity contribution in [2.45, 2.75) is 32.7 Å². The highest BCUT2D eigenvalue weighted by atomic mass is 35.5. The molecule has 0 bridgehead atoms. The van der Waals surface area contributed by atoms with E-state index in [1.54, 1.807) is 0 Å². The predicted molar refractivity (Wildman–Crippen MR) is 55.0 cm³/mol. The molecule has 0 spiro atoms. The normalized spacial score (nSPS) is 31.9. The van der Waals surface area contributed by atoms with E-state index in [1.165, 1.54) is 19.4 Å². The highest BCUT2D eigenvalue weighted by Crippen LogP contribution is 2.18. The van der Waals surface area contributed by atoms with Gasteiger partial charge in [0.05, 0.1) is 0 Å². The fourth-order valence-electron chi connectivity index (χ4n) is 1.51.